The maximum atomic E-state index is 13.1. The van der Waals surface area contributed by atoms with Gasteiger partial charge >= 0.3 is 5.97 Å². The number of carbonyl (C=O) groups is 2. The number of amides is 1. The highest BCUT2D eigenvalue weighted by atomic mass is 35.5. The highest BCUT2D eigenvalue weighted by Gasteiger charge is 2.21. The van der Waals surface area contributed by atoms with Gasteiger partial charge in [0.1, 0.15) is 5.82 Å². The second-order valence-electron chi connectivity index (χ2n) is 4.84. The topological polar surface area (TPSA) is 55.4 Å². The average molecular weight is 336 g/mol. The third-order valence-electron chi connectivity index (χ3n) is 3.28. The summed E-state index contributed by atoms with van der Waals surface area (Å²) in [6.45, 7) is 0. The number of ether oxygens (including phenoxy) is 1. The van der Waals surface area contributed by atoms with Gasteiger partial charge in [-0.2, -0.15) is 0 Å². The summed E-state index contributed by atoms with van der Waals surface area (Å²) in [6, 6.07) is 12.0. The van der Waals surface area contributed by atoms with Crippen LogP contribution in [0.4, 0.5) is 4.39 Å². The Morgan fingerprint density at radius 3 is 2.52 bits per heavy atom. The second kappa shape index (κ2) is 7.74. The Morgan fingerprint density at radius 1 is 1.22 bits per heavy atom. The van der Waals surface area contributed by atoms with Gasteiger partial charge in [0.2, 0.25) is 0 Å². The molecule has 23 heavy (non-hydrogen) atoms. The van der Waals surface area contributed by atoms with E-state index in [0.29, 0.717) is 0 Å². The number of nitrogens with one attached hydrogen (secondary N) is 1. The van der Waals surface area contributed by atoms with Crippen LogP contribution in [0.2, 0.25) is 5.02 Å². The number of rotatable bonds is 5. The summed E-state index contributed by atoms with van der Waals surface area (Å²) in [4.78, 5) is 23.9. The molecule has 0 spiro atoms. The van der Waals surface area contributed by atoms with Gasteiger partial charge in [0.05, 0.1) is 30.2 Å². The van der Waals surface area contributed by atoms with Crippen LogP contribution < -0.4 is 5.32 Å². The standard InChI is InChI=1S/C17H15ClFNO3/c1-23-16(21)10-15(11-5-3-2-4-6-11)20-17(22)13-8-7-12(19)9-14(13)18/h2-9,15H,10H2,1H3,(H,20,22). The van der Waals surface area contributed by atoms with Crippen molar-refractivity contribution in [2.24, 2.45) is 0 Å². The molecule has 1 N–H and O–H groups in total. The van der Waals surface area contributed by atoms with Crippen LogP contribution in [0.3, 0.4) is 0 Å². The summed E-state index contributed by atoms with van der Waals surface area (Å²) >= 11 is 5.89. The first-order valence-electron chi connectivity index (χ1n) is 6.89. The molecule has 2 aromatic carbocycles. The number of esters is 1. The molecule has 1 amide bonds. The van der Waals surface area contributed by atoms with Crippen molar-refractivity contribution in [3.63, 3.8) is 0 Å². The lowest BCUT2D eigenvalue weighted by molar-refractivity contribution is -0.141. The first kappa shape index (κ1) is 17.0. The van der Waals surface area contributed by atoms with Crippen molar-refractivity contribution in [1.82, 2.24) is 5.32 Å². The number of benzene rings is 2. The summed E-state index contributed by atoms with van der Waals surface area (Å²) in [5, 5.41) is 2.74. The molecule has 0 aliphatic heterocycles. The number of hydrogen-bond donors (Lipinski definition) is 1. The molecule has 1 atom stereocenters. The zero-order valence-electron chi connectivity index (χ0n) is 12.4. The lowest BCUT2D eigenvalue weighted by atomic mass is 10.0. The minimum absolute atomic E-state index is 0.00683. The van der Waals surface area contributed by atoms with Crippen molar-refractivity contribution < 1.29 is 18.7 Å². The number of carbonyl (C=O) groups excluding carboxylic acids is 2. The van der Waals surface area contributed by atoms with Crippen molar-refractivity contribution in [2.75, 3.05) is 7.11 Å². The first-order chi connectivity index (χ1) is 11.0. The van der Waals surface area contributed by atoms with E-state index >= 15 is 0 Å². The predicted octanol–water partition coefficient (Wildman–Crippen LogP) is 3.51. The molecule has 0 aromatic heterocycles. The molecule has 0 aliphatic rings. The lowest BCUT2D eigenvalue weighted by Gasteiger charge is -2.18. The maximum Gasteiger partial charge on any atom is 0.307 e. The largest absolute Gasteiger partial charge is 0.469 e. The van der Waals surface area contributed by atoms with Gasteiger partial charge in [-0.3, -0.25) is 9.59 Å². The third-order valence-corrected chi connectivity index (χ3v) is 3.59. The van der Waals surface area contributed by atoms with Crippen molar-refractivity contribution in [3.05, 3.63) is 70.5 Å². The van der Waals surface area contributed by atoms with Crippen LogP contribution in [0.1, 0.15) is 28.4 Å². The molecular formula is C17H15ClFNO3. The highest BCUT2D eigenvalue weighted by molar-refractivity contribution is 6.33. The Morgan fingerprint density at radius 2 is 1.91 bits per heavy atom. The molecule has 0 heterocycles. The Balaban J connectivity index is 2.23. The van der Waals surface area contributed by atoms with E-state index in [9.17, 15) is 14.0 Å². The first-order valence-corrected chi connectivity index (χ1v) is 7.26. The molecule has 0 radical (unpaired) electrons. The van der Waals surface area contributed by atoms with Gasteiger partial charge in [-0.15, -0.1) is 0 Å². The van der Waals surface area contributed by atoms with E-state index in [4.69, 9.17) is 11.6 Å². The SMILES string of the molecule is COC(=O)CC(NC(=O)c1ccc(F)cc1Cl)c1ccccc1. The van der Waals surface area contributed by atoms with Gasteiger partial charge in [0.15, 0.2) is 0 Å². The molecule has 0 fully saturated rings. The molecule has 0 saturated heterocycles. The van der Waals surface area contributed by atoms with Crippen LogP contribution in [0.25, 0.3) is 0 Å². The summed E-state index contributed by atoms with van der Waals surface area (Å²) in [5.41, 5.74) is 0.892. The van der Waals surface area contributed by atoms with Crippen LogP contribution in [0.5, 0.6) is 0 Å². The minimum Gasteiger partial charge on any atom is -0.469 e. The average Bonchev–Trinajstić information content (AvgIpc) is 2.54. The minimum atomic E-state index is -0.572. The smallest absolute Gasteiger partial charge is 0.307 e. The van der Waals surface area contributed by atoms with E-state index < -0.39 is 23.7 Å². The summed E-state index contributed by atoms with van der Waals surface area (Å²) in [6.07, 6.45) is -0.0228. The van der Waals surface area contributed by atoms with Gasteiger partial charge in [-0.1, -0.05) is 41.9 Å². The van der Waals surface area contributed by atoms with E-state index in [1.165, 1.54) is 13.2 Å². The van der Waals surface area contributed by atoms with Crippen molar-refractivity contribution in [1.29, 1.82) is 0 Å². The molecular weight excluding hydrogens is 321 g/mol. The highest BCUT2D eigenvalue weighted by Crippen LogP contribution is 2.21. The van der Waals surface area contributed by atoms with Gasteiger partial charge in [0, 0.05) is 0 Å². The number of methoxy groups -OCH3 is 1. The van der Waals surface area contributed by atoms with Gasteiger partial charge in [-0.05, 0) is 23.8 Å². The fourth-order valence-corrected chi connectivity index (χ4v) is 2.35. The Hall–Kier alpha value is -2.40. The van der Waals surface area contributed by atoms with Crippen LogP contribution in [-0.2, 0) is 9.53 Å². The van der Waals surface area contributed by atoms with Crippen LogP contribution >= 0.6 is 11.6 Å². The van der Waals surface area contributed by atoms with Crippen molar-refractivity contribution in [2.45, 2.75) is 12.5 Å². The molecule has 0 saturated carbocycles. The fourth-order valence-electron chi connectivity index (χ4n) is 2.10. The van der Waals surface area contributed by atoms with Crippen molar-refractivity contribution >= 4 is 23.5 Å². The molecule has 1 unspecified atom stereocenters. The van der Waals surface area contributed by atoms with Crippen molar-refractivity contribution in [3.8, 4) is 0 Å². The van der Waals surface area contributed by atoms with Gasteiger partial charge in [0.25, 0.3) is 5.91 Å². The summed E-state index contributed by atoms with van der Waals surface area (Å²) in [5.74, 6) is -1.47. The third kappa shape index (κ3) is 4.53. The molecule has 120 valence electrons. The zero-order valence-corrected chi connectivity index (χ0v) is 13.1. The number of hydrogen-bond acceptors (Lipinski definition) is 3. The van der Waals surface area contributed by atoms with Crippen LogP contribution in [-0.4, -0.2) is 19.0 Å². The van der Waals surface area contributed by atoms with E-state index in [0.717, 1.165) is 17.7 Å². The zero-order chi connectivity index (χ0) is 16.8. The molecule has 6 heteroatoms. The normalized spacial score (nSPS) is 11.6. The summed E-state index contributed by atoms with van der Waals surface area (Å²) < 4.78 is 17.7. The number of halogens is 2. The molecule has 2 aromatic rings. The van der Waals surface area contributed by atoms with E-state index in [1.807, 2.05) is 6.07 Å². The second-order valence-corrected chi connectivity index (χ2v) is 5.25. The van der Waals surface area contributed by atoms with Crippen LogP contribution in [0.15, 0.2) is 48.5 Å². The van der Waals surface area contributed by atoms with E-state index in [-0.39, 0.29) is 17.0 Å². The summed E-state index contributed by atoms with van der Waals surface area (Å²) in [7, 11) is 1.28. The molecule has 0 aliphatic carbocycles. The lowest BCUT2D eigenvalue weighted by Crippen LogP contribution is -2.30. The Labute approximate surface area is 138 Å². The quantitative estimate of drug-likeness (QED) is 0.851. The predicted molar refractivity (Wildman–Crippen MR) is 84.7 cm³/mol. The molecule has 4 nitrogen and oxygen atoms in total. The Kier molecular flexibility index (Phi) is 5.71. The maximum absolute atomic E-state index is 13.1. The van der Waals surface area contributed by atoms with Gasteiger partial charge in [-0.25, -0.2) is 4.39 Å². The Bertz CT molecular complexity index is 706. The molecule has 0 bridgehead atoms. The monoisotopic (exact) mass is 335 g/mol. The van der Waals surface area contributed by atoms with E-state index in [1.54, 1.807) is 24.3 Å². The van der Waals surface area contributed by atoms with Crippen LogP contribution in [0, 0.1) is 5.82 Å². The van der Waals surface area contributed by atoms with E-state index in [2.05, 4.69) is 10.1 Å². The van der Waals surface area contributed by atoms with Gasteiger partial charge < -0.3 is 10.1 Å². The molecule has 2 rings (SSSR count). The fraction of sp³-hybridized carbons (Fsp3) is 0.176.